The van der Waals surface area contributed by atoms with Crippen molar-refractivity contribution >= 4 is 11.8 Å². The lowest BCUT2D eigenvalue weighted by Crippen LogP contribution is -2.38. The predicted octanol–water partition coefficient (Wildman–Crippen LogP) is 7.01. The summed E-state index contributed by atoms with van der Waals surface area (Å²) in [5.74, 6) is 3.15. The molecule has 3 nitrogen and oxygen atoms in total. The number of aliphatic hydroxyl groups is 3. The van der Waals surface area contributed by atoms with Crippen LogP contribution in [0.5, 0.6) is 0 Å². The highest BCUT2D eigenvalue weighted by molar-refractivity contribution is 7.99. The van der Waals surface area contributed by atoms with E-state index in [4.69, 9.17) is 0 Å². The molecule has 4 aliphatic rings. The molecule has 0 saturated heterocycles. The first-order valence-corrected chi connectivity index (χ1v) is 15.2. The molecule has 1 aromatic carbocycles. The topological polar surface area (TPSA) is 60.7 Å². The summed E-state index contributed by atoms with van der Waals surface area (Å²) in [7, 11) is 0. The van der Waals surface area contributed by atoms with Gasteiger partial charge in [-0.2, -0.15) is 0 Å². The molecule has 1 aromatic rings. The lowest BCUT2D eigenvalue weighted by Gasteiger charge is -2.44. The van der Waals surface area contributed by atoms with Crippen LogP contribution in [-0.2, 0) is 5.60 Å². The molecule has 0 amide bonds. The number of hydrogen-bond acceptors (Lipinski definition) is 4. The van der Waals surface area contributed by atoms with Crippen molar-refractivity contribution in [1.29, 1.82) is 0 Å². The number of fused-ring (bicyclic) bond motifs is 1. The fourth-order valence-electron chi connectivity index (χ4n) is 7.90. The average molecular weight is 511 g/mol. The fourth-order valence-corrected chi connectivity index (χ4v) is 8.98. The smallest absolute Gasteiger partial charge is 0.0840 e. The molecule has 3 N–H and O–H groups in total. The SMILES string of the molecule is CC(CSc1cccc(C(C)(C)O)c1)C1CCC2/C(=C/C=C3CC(O)C4(CC4)[C@H](O)C3)CCCC21C. The summed E-state index contributed by atoms with van der Waals surface area (Å²) in [5, 5.41) is 31.6. The summed E-state index contributed by atoms with van der Waals surface area (Å²) in [5.41, 5.74) is 3.18. The molecule has 4 heteroatoms. The van der Waals surface area contributed by atoms with Gasteiger partial charge >= 0.3 is 0 Å². The van der Waals surface area contributed by atoms with Crippen molar-refractivity contribution < 1.29 is 15.3 Å². The van der Waals surface area contributed by atoms with E-state index in [-0.39, 0.29) is 17.6 Å². The third-order valence-electron chi connectivity index (χ3n) is 10.4. The molecule has 0 aromatic heterocycles. The van der Waals surface area contributed by atoms with Crippen molar-refractivity contribution in [2.24, 2.45) is 28.6 Å². The van der Waals surface area contributed by atoms with Crippen LogP contribution in [0.4, 0.5) is 0 Å². The Bertz CT molecular complexity index is 1000. The third kappa shape index (κ3) is 5.00. The highest BCUT2D eigenvalue weighted by atomic mass is 32.2. The highest BCUT2D eigenvalue weighted by Crippen LogP contribution is 2.60. The van der Waals surface area contributed by atoms with Gasteiger partial charge in [-0.3, -0.25) is 0 Å². The Kier molecular flexibility index (Phi) is 7.30. The van der Waals surface area contributed by atoms with Crippen LogP contribution in [0.25, 0.3) is 0 Å². The van der Waals surface area contributed by atoms with E-state index >= 15 is 0 Å². The molecule has 0 bridgehead atoms. The number of aliphatic hydroxyl groups excluding tert-OH is 2. The van der Waals surface area contributed by atoms with Gasteiger partial charge in [0.05, 0.1) is 17.8 Å². The number of hydrogen-bond donors (Lipinski definition) is 3. The van der Waals surface area contributed by atoms with E-state index in [2.05, 4.69) is 44.2 Å². The van der Waals surface area contributed by atoms with E-state index in [1.54, 1.807) is 5.57 Å². The molecule has 198 valence electrons. The molecular weight excluding hydrogens is 464 g/mol. The van der Waals surface area contributed by atoms with E-state index in [9.17, 15) is 15.3 Å². The minimum atomic E-state index is -0.804. The van der Waals surface area contributed by atoms with Crippen LogP contribution in [0, 0.1) is 28.6 Å². The van der Waals surface area contributed by atoms with Crippen LogP contribution in [-0.4, -0.2) is 33.3 Å². The lowest BCUT2D eigenvalue weighted by atomic mass is 9.61. The first-order chi connectivity index (χ1) is 17.0. The van der Waals surface area contributed by atoms with Gasteiger partial charge in [0.25, 0.3) is 0 Å². The molecule has 6 atom stereocenters. The average Bonchev–Trinajstić information content (AvgIpc) is 3.56. The molecule has 5 unspecified atom stereocenters. The fraction of sp³-hybridized carbons (Fsp3) is 0.688. The zero-order valence-corrected chi connectivity index (χ0v) is 23.5. The zero-order chi connectivity index (χ0) is 25.7. The second-order valence-electron chi connectivity index (χ2n) is 13.2. The molecule has 0 radical (unpaired) electrons. The molecule has 4 saturated carbocycles. The van der Waals surface area contributed by atoms with Gasteiger partial charge in [-0.05, 0) is 112 Å². The molecular formula is C32H46O3S. The van der Waals surface area contributed by atoms with Crippen LogP contribution < -0.4 is 0 Å². The lowest BCUT2D eigenvalue weighted by molar-refractivity contribution is -0.0225. The van der Waals surface area contributed by atoms with Crippen LogP contribution in [0.2, 0.25) is 0 Å². The van der Waals surface area contributed by atoms with Gasteiger partial charge in [-0.15, -0.1) is 11.8 Å². The second kappa shape index (κ2) is 9.91. The molecule has 36 heavy (non-hydrogen) atoms. The van der Waals surface area contributed by atoms with E-state index in [1.807, 2.05) is 31.7 Å². The van der Waals surface area contributed by atoms with Gasteiger partial charge in [0.2, 0.25) is 0 Å². The molecule has 0 aliphatic heterocycles. The maximum atomic E-state index is 10.6. The molecule has 1 spiro atoms. The minimum absolute atomic E-state index is 0.184. The highest BCUT2D eigenvalue weighted by Gasteiger charge is 2.56. The van der Waals surface area contributed by atoms with Gasteiger partial charge in [-0.1, -0.05) is 49.3 Å². The summed E-state index contributed by atoms with van der Waals surface area (Å²) in [6.07, 6.45) is 13.7. The zero-order valence-electron chi connectivity index (χ0n) is 22.7. The van der Waals surface area contributed by atoms with Crippen LogP contribution in [0.15, 0.2) is 52.5 Å². The van der Waals surface area contributed by atoms with Crippen molar-refractivity contribution in [1.82, 2.24) is 0 Å². The van der Waals surface area contributed by atoms with Gasteiger partial charge in [0.15, 0.2) is 0 Å². The quantitative estimate of drug-likeness (QED) is 0.360. The maximum absolute atomic E-state index is 10.6. The number of allylic oxidation sites excluding steroid dienone is 3. The van der Waals surface area contributed by atoms with E-state index < -0.39 is 5.60 Å². The number of benzene rings is 1. The van der Waals surface area contributed by atoms with Crippen molar-refractivity contribution in [2.45, 2.75) is 108 Å². The second-order valence-corrected chi connectivity index (χ2v) is 14.3. The van der Waals surface area contributed by atoms with Gasteiger partial charge in [0.1, 0.15) is 0 Å². The Morgan fingerprint density at radius 1 is 1.08 bits per heavy atom. The Balaban J connectivity index is 1.24. The summed E-state index contributed by atoms with van der Waals surface area (Å²) < 4.78 is 0. The standard InChI is InChI=1S/C32H46O3S/c1-21(20-36-25-9-5-8-24(19-25)30(2,3)35)26-12-13-27-23(7-6-14-31(26,27)4)11-10-22-17-28(33)32(15-16-32)29(34)18-22/h5,8-11,19,21,26-29,33-35H,6-7,12-18,20H2,1-4H3/b22-10?,23-11+/t21?,26?,27?,28-,29?,31?/m1/s1. The van der Waals surface area contributed by atoms with Crippen molar-refractivity contribution in [3.8, 4) is 0 Å². The van der Waals surface area contributed by atoms with Crippen LogP contribution >= 0.6 is 11.8 Å². The van der Waals surface area contributed by atoms with Crippen LogP contribution in [0.3, 0.4) is 0 Å². The maximum Gasteiger partial charge on any atom is 0.0840 e. The number of thioether (sulfide) groups is 1. The monoisotopic (exact) mass is 510 g/mol. The molecule has 4 aliphatic carbocycles. The molecule has 0 heterocycles. The van der Waals surface area contributed by atoms with E-state index in [0.29, 0.717) is 17.3 Å². The molecule has 4 fully saturated rings. The summed E-state index contributed by atoms with van der Waals surface area (Å²) >= 11 is 1.94. The largest absolute Gasteiger partial charge is 0.392 e. The summed E-state index contributed by atoms with van der Waals surface area (Å²) in [4.78, 5) is 1.25. The first-order valence-electron chi connectivity index (χ1n) is 14.2. The predicted molar refractivity (Wildman–Crippen MR) is 149 cm³/mol. The van der Waals surface area contributed by atoms with Gasteiger partial charge < -0.3 is 15.3 Å². The van der Waals surface area contributed by atoms with Gasteiger partial charge in [-0.25, -0.2) is 0 Å². The van der Waals surface area contributed by atoms with Crippen LogP contribution in [0.1, 0.15) is 91.0 Å². The number of rotatable bonds is 6. The van der Waals surface area contributed by atoms with E-state index in [1.165, 1.54) is 42.6 Å². The van der Waals surface area contributed by atoms with Crippen molar-refractivity contribution in [2.75, 3.05) is 5.75 Å². The Labute approximate surface area is 222 Å². The Morgan fingerprint density at radius 3 is 2.47 bits per heavy atom. The third-order valence-corrected chi connectivity index (χ3v) is 11.7. The van der Waals surface area contributed by atoms with E-state index in [0.717, 1.165) is 42.9 Å². The van der Waals surface area contributed by atoms with Crippen molar-refractivity contribution in [3.05, 3.63) is 53.1 Å². The Morgan fingerprint density at radius 2 is 1.81 bits per heavy atom. The minimum Gasteiger partial charge on any atom is -0.392 e. The molecule has 5 rings (SSSR count). The normalized spacial score (nSPS) is 36.9. The van der Waals surface area contributed by atoms with Crippen molar-refractivity contribution in [3.63, 3.8) is 0 Å². The summed E-state index contributed by atoms with van der Waals surface area (Å²) in [6.45, 7) is 8.70. The van der Waals surface area contributed by atoms with Gasteiger partial charge in [0, 0.05) is 16.1 Å². The first kappa shape index (κ1) is 26.5. The summed E-state index contributed by atoms with van der Waals surface area (Å²) in [6, 6.07) is 8.40. The Hall–Kier alpha value is -1.07.